The molecule has 0 aliphatic heterocycles. The number of halogens is 1. The monoisotopic (exact) mass is 251 g/mol. The van der Waals surface area contributed by atoms with Gasteiger partial charge < -0.3 is 10.5 Å². The van der Waals surface area contributed by atoms with Gasteiger partial charge in [-0.3, -0.25) is 4.79 Å². The number of ether oxygens (including phenoxy) is 1. The van der Waals surface area contributed by atoms with E-state index in [1.807, 2.05) is 0 Å². The quantitative estimate of drug-likeness (QED) is 0.814. The molecule has 0 amide bonds. The molecule has 0 heterocycles. The zero-order valence-corrected chi connectivity index (χ0v) is 10.5. The minimum Gasteiger partial charge on any atom is -0.468 e. The van der Waals surface area contributed by atoms with Crippen LogP contribution in [-0.4, -0.2) is 19.6 Å². The Bertz CT molecular complexity index is 428. The number of hydrogen-bond acceptors (Lipinski definition) is 3. The Balaban J connectivity index is 2.37. The molecule has 0 aromatic heterocycles. The first kappa shape index (κ1) is 13.0. The van der Waals surface area contributed by atoms with Crippen LogP contribution in [0.4, 0.5) is 4.39 Å². The maximum Gasteiger partial charge on any atom is 0.317 e. The van der Waals surface area contributed by atoms with Crippen LogP contribution in [0.1, 0.15) is 24.8 Å². The van der Waals surface area contributed by atoms with E-state index >= 15 is 0 Å². The highest BCUT2D eigenvalue weighted by Gasteiger charge is 2.44. The number of nitrogens with two attached hydrogens (primary N) is 1. The molecule has 1 atom stereocenters. The maximum atomic E-state index is 13.0. The summed E-state index contributed by atoms with van der Waals surface area (Å²) in [5.41, 5.74) is 5.75. The molecule has 0 bridgehead atoms. The van der Waals surface area contributed by atoms with Gasteiger partial charge in [-0.05, 0) is 30.0 Å². The van der Waals surface area contributed by atoms with Crippen molar-refractivity contribution < 1.29 is 13.9 Å². The van der Waals surface area contributed by atoms with E-state index in [9.17, 15) is 9.18 Å². The van der Waals surface area contributed by atoms with Crippen LogP contribution < -0.4 is 5.73 Å². The topological polar surface area (TPSA) is 52.3 Å². The van der Waals surface area contributed by atoms with E-state index in [1.165, 1.54) is 19.2 Å². The second kappa shape index (κ2) is 5.06. The van der Waals surface area contributed by atoms with Gasteiger partial charge in [0.1, 0.15) is 11.2 Å². The smallest absolute Gasteiger partial charge is 0.317 e. The van der Waals surface area contributed by atoms with Gasteiger partial charge in [0.25, 0.3) is 0 Å². The van der Waals surface area contributed by atoms with Crippen molar-refractivity contribution in [2.45, 2.75) is 24.7 Å². The molecule has 0 saturated heterocycles. The van der Waals surface area contributed by atoms with Gasteiger partial charge in [0.15, 0.2) is 0 Å². The van der Waals surface area contributed by atoms with Crippen molar-refractivity contribution in [3.63, 3.8) is 0 Å². The Morgan fingerprint density at radius 2 is 2.06 bits per heavy atom. The fourth-order valence-corrected chi connectivity index (χ4v) is 2.38. The molecule has 4 heteroatoms. The fraction of sp³-hybridized carbons (Fsp3) is 0.500. The number of benzene rings is 1. The van der Waals surface area contributed by atoms with Gasteiger partial charge in [0.05, 0.1) is 7.11 Å². The molecule has 18 heavy (non-hydrogen) atoms. The highest BCUT2D eigenvalue weighted by Crippen LogP contribution is 2.42. The highest BCUT2D eigenvalue weighted by atomic mass is 19.1. The third kappa shape index (κ3) is 2.38. The fourth-order valence-electron chi connectivity index (χ4n) is 2.38. The Kier molecular flexibility index (Phi) is 3.66. The van der Waals surface area contributed by atoms with Crippen LogP contribution in [0.15, 0.2) is 24.3 Å². The summed E-state index contributed by atoms with van der Waals surface area (Å²) in [7, 11) is 1.36. The van der Waals surface area contributed by atoms with Crippen molar-refractivity contribution in [3.8, 4) is 0 Å². The normalized spacial score (nSPS) is 18.2. The molecular weight excluding hydrogens is 233 g/mol. The standard InChI is InChI=1S/C14H18FNO2/c1-18-13(17)14(9-16,8-10-2-3-10)11-4-6-12(15)7-5-11/h4-7,10H,2-3,8-9,16H2,1H3. The summed E-state index contributed by atoms with van der Waals surface area (Å²) in [5, 5.41) is 0. The third-order valence-corrected chi connectivity index (χ3v) is 3.66. The predicted molar refractivity (Wildman–Crippen MR) is 66.5 cm³/mol. The maximum absolute atomic E-state index is 13.0. The van der Waals surface area contributed by atoms with Crippen LogP contribution in [0.3, 0.4) is 0 Å². The van der Waals surface area contributed by atoms with Gasteiger partial charge in [-0.1, -0.05) is 25.0 Å². The summed E-state index contributed by atoms with van der Waals surface area (Å²) < 4.78 is 17.9. The highest BCUT2D eigenvalue weighted by molar-refractivity contribution is 5.83. The lowest BCUT2D eigenvalue weighted by atomic mass is 9.76. The average molecular weight is 251 g/mol. The number of carbonyl (C=O) groups excluding carboxylic acids is 1. The van der Waals surface area contributed by atoms with E-state index in [0.717, 1.165) is 18.4 Å². The van der Waals surface area contributed by atoms with E-state index in [1.54, 1.807) is 12.1 Å². The van der Waals surface area contributed by atoms with E-state index in [2.05, 4.69) is 0 Å². The number of rotatable bonds is 5. The van der Waals surface area contributed by atoms with Gasteiger partial charge in [0.2, 0.25) is 0 Å². The molecule has 1 aliphatic rings. The Labute approximate surface area is 106 Å². The Hall–Kier alpha value is -1.42. The van der Waals surface area contributed by atoms with Crippen LogP contribution in [0.2, 0.25) is 0 Å². The van der Waals surface area contributed by atoms with Gasteiger partial charge in [-0.2, -0.15) is 0 Å². The first-order chi connectivity index (χ1) is 8.62. The van der Waals surface area contributed by atoms with Crippen molar-refractivity contribution >= 4 is 5.97 Å². The van der Waals surface area contributed by atoms with Crippen LogP contribution in [0.5, 0.6) is 0 Å². The summed E-state index contributed by atoms with van der Waals surface area (Å²) in [4.78, 5) is 12.1. The molecule has 1 aromatic carbocycles. The Morgan fingerprint density at radius 1 is 1.44 bits per heavy atom. The molecule has 1 unspecified atom stereocenters. The van der Waals surface area contributed by atoms with Gasteiger partial charge in [-0.15, -0.1) is 0 Å². The zero-order chi connectivity index (χ0) is 13.2. The summed E-state index contributed by atoms with van der Waals surface area (Å²) in [6.07, 6.45) is 2.93. The minimum atomic E-state index is -0.830. The Morgan fingerprint density at radius 3 is 2.50 bits per heavy atom. The largest absolute Gasteiger partial charge is 0.468 e. The lowest BCUT2D eigenvalue weighted by Gasteiger charge is -2.30. The molecule has 3 nitrogen and oxygen atoms in total. The van der Waals surface area contributed by atoms with E-state index in [0.29, 0.717) is 12.3 Å². The second-order valence-electron chi connectivity index (χ2n) is 4.93. The number of hydrogen-bond donors (Lipinski definition) is 1. The van der Waals surface area contributed by atoms with Gasteiger partial charge in [0, 0.05) is 6.54 Å². The van der Waals surface area contributed by atoms with E-state index in [-0.39, 0.29) is 18.3 Å². The molecule has 1 aliphatic carbocycles. The van der Waals surface area contributed by atoms with Crippen molar-refractivity contribution in [1.82, 2.24) is 0 Å². The molecule has 0 spiro atoms. The first-order valence-corrected chi connectivity index (χ1v) is 6.17. The molecular formula is C14H18FNO2. The summed E-state index contributed by atoms with van der Waals surface area (Å²) in [5.74, 6) is -0.123. The van der Waals surface area contributed by atoms with Gasteiger partial charge >= 0.3 is 5.97 Å². The number of esters is 1. The molecule has 2 N–H and O–H groups in total. The predicted octanol–water partition coefficient (Wildman–Crippen LogP) is 2.00. The van der Waals surface area contributed by atoms with Crippen LogP contribution in [0, 0.1) is 11.7 Å². The van der Waals surface area contributed by atoms with Crippen molar-refractivity contribution in [2.75, 3.05) is 13.7 Å². The number of methoxy groups -OCH3 is 1. The molecule has 1 fully saturated rings. The van der Waals surface area contributed by atoms with E-state index in [4.69, 9.17) is 10.5 Å². The third-order valence-electron chi connectivity index (χ3n) is 3.66. The SMILES string of the molecule is COC(=O)C(CN)(CC1CC1)c1ccc(F)cc1. The van der Waals surface area contributed by atoms with Crippen LogP contribution >= 0.6 is 0 Å². The summed E-state index contributed by atoms with van der Waals surface area (Å²) in [6, 6.07) is 5.97. The van der Waals surface area contributed by atoms with Crippen LogP contribution in [-0.2, 0) is 14.9 Å². The molecule has 0 radical (unpaired) electrons. The second-order valence-corrected chi connectivity index (χ2v) is 4.93. The molecule has 2 rings (SSSR count). The summed E-state index contributed by atoms with van der Waals surface area (Å²) >= 11 is 0. The zero-order valence-electron chi connectivity index (χ0n) is 10.5. The minimum absolute atomic E-state index is 0.182. The van der Waals surface area contributed by atoms with Crippen molar-refractivity contribution in [1.29, 1.82) is 0 Å². The van der Waals surface area contributed by atoms with Crippen LogP contribution in [0.25, 0.3) is 0 Å². The number of carbonyl (C=O) groups is 1. The lowest BCUT2D eigenvalue weighted by molar-refractivity contribution is -0.147. The summed E-state index contributed by atoms with van der Waals surface area (Å²) in [6.45, 7) is 0.182. The van der Waals surface area contributed by atoms with Crippen molar-refractivity contribution in [3.05, 3.63) is 35.6 Å². The van der Waals surface area contributed by atoms with Crippen molar-refractivity contribution in [2.24, 2.45) is 11.7 Å². The first-order valence-electron chi connectivity index (χ1n) is 6.17. The molecule has 1 saturated carbocycles. The van der Waals surface area contributed by atoms with Gasteiger partial charge in [-0.25, -0.2) is 4.39 Å². The lowest BCUT2D eigenvalue weighted by Crippen LogP contribution is -2.44. The molecule has 98 valence electrons. The molecule has 1 aromatic rings. The van der Waals surface area contributed by atoms with E-state index < -0.39 is 5.41 Å². The average Bonchev–Trinajstić information content (AvgIpc) is 3.20.